The lowest BCUT2D eigenvalue weighted by molar-refractivity contribution is -0.139. The smallest absolute Gasteiger partial charge is 0.324 e. The lowest BCUT2D eigenvalue weighted by Crippen LogP contribution is -2.43. The van der Waals surface area contributed by atoms with E-state index in [1.165, 1.54) is 0 Å². The third-order valence-corrected chi connectivity index (χ3v) is 4.62. The van der Waals surface area contributed by atoms with Crippen molar-refractivity contribution in [2.45, 2.75) is 36.6 Å². The number of hydrogen-bond donors (Lipinski definition) is 4. The van der Waals surface area contributed by atoms with Crippen LogP contribution in [-0.2, 0) is 15.6 Å². The topological polar surface area (TPSA) is 90.5 Å². The zero-order valence-electron chi connectivity index (χ0n) is 12.4. The van der Waals surface area contributed by atoms with Crippen LogP contribution in [0.4, 0.5) is 0 Å². The van der Waals surface area contributed by atoms with Gasteiger partial charge in [0.05, 0.1) is 10.8 Å². The molecular formula is C15H19N3O3S. The Morgan fingerprint density at radius 2 is 2.18 bits per heavy atom. The van der Waals surface area contributed by atoms with E-state index >= 15 is 0 Å². The van der Waals surface area contributed by atoms with Crippen LogP contribution < -0.4 is 16.4 Å². The number of carbonyl (C=O) groups is 1. The van der Waals surface area contributed by atoms with Crippen molar-refractivity contribution in [1.29, 1.82) is 0 Å². The summed E-state index contributed by atoms with van der Waals surface area (Å²) in [5.41, 5.74) is 8.51. The zero-order valence-corrected chi connectivity index (χ0v) is 13.2. The molecule has 0 radical (unpaired) electrons. The van der Waals surface area contributed by atoms with Gasteiger partial charge >= 0.3 is 5.97 Å². The van der Waals surface area contributed by atoms with Crippen LogP contribution in [0, 0.1) is 17.8 Å². The summed E-state index contributed by atoms with van der Waals surface area (Å²) in [7, 11) is -1.52. The summed E-state index contributed by atoms with van der Waals surface area (Å²) in [5, 5.41) is 8.35. The van der Waals surface area contributed by atoms with E-state index in [1.807, 2.05) is 6.07 Å². The van der Waals surface area contributed by atoms with Crippen LogP contribution in [0.5, 0.6) is 0 Å². The molecular weight excluding hydrogens is 302 g/mol. The van der Waals surface area contributed by atoms with Crippen LogP contribution in [0.25, 0.3) is 0 Å². The molecule has 0 aromatic heterocycles. The molecule has 6 nitrogen and oxygen atoms in total. The molecule has 1 aromatic rings. The Balaban J connectivity index is 2.16. The first-order chi connectivity index (χ1) is 10.5. The maximum absolute atomic E-state index is 12.6. The van der Waals surface area contributed by atoms with Crippen molar-refractivity contribution in [2.24, 2.45) is 5.92 Å². The van der Waals surface area contributed by atoms with Gasteiger partial charge in [0.25, 0.3) is 0 Å². The molecule has 3 atom stereocenters. The first-order valence-corrected chi connectivity index (χ1v) is 8.18. The molecule has 7 heteroatoms. The highest BCUT2D eigenvalue weighted by Gasteiger charge is 2.37. The van der Waals surface area contributed by atoms with Gasteiger partial charge < -0.3 is 5.11 Å². The van der Waals surface area contributed by atoms with Crippen LogP contribution in [0.3, 0.4) is 0 Å². The van der Waals surface area contributed by atoms with Crippen molar-refractivity contribution >= 4 is 16.8 Å². The van der Waals surface area contributed by atoms with Crippen LogP contribution in [0.1, 0.15) is 25.8 Å². The normalized spacial score (nSPS) is 22.1. The second-order valence-corrected chi connectivity index (χ2v) is 6.95. The maximum atomic E-state index is 12.6. The van der Waals surface area contributed by atoms with Gasteiger partial charge in [-0.1, -0.05) is 31.8 Å². The van der Waals surface area contributed by atoms with E-state index in [0.29, 0.717) is 10.8 Å². The molecule has 0 saturated carbocycles. The highest BCUT2D eigenvalue weighted by atomic mass is 32.2. The van der Waals surface area contributed by atoms with Crippen molar-refractivity contribution in [1.82, 2.24) is 16.4 Å². The van der Waals surface area contributed by atoms with Crippen LogP contribution in [-0.4, -0.2) is 26.7 Å². The Morgan fingerprint density at radius 1 is 1.41 bits per heavy atom. The Morgan fingerprint density at radius 3 is 2.86 bits per heavy atom. The molecule has 22 heavy (non-hydrogen) atoms. The summed E-state index contributed by atoms with van der Waals surface area (Å²) in [6.45, 7) is 4.19. The summed E-state index contributed by atoms with van der Waals surface area (Å²) in [5.74, 6) is 5.56. The van der Waals surface area contributed by atoms with E-state index in [0.717, 1.165) is 12.0 Å². The molecule has 1 fully saturated rings. The van der Waals surface area contributed by atoms with Crippen molar-refractivity contribution in [2.75, 3.05) is 0 Å². The van der Waals surface area contributed by atoms with Gasteiger partial charge in [0, 0.05) is 16.9 Å². The van der Waals surface area contributed by atoms with E-state index in [2.05, 4.69) is 42.1 Å². The summed E-state index contributed by atoms with van der Waals surface area (Å²) in [6, 6.07) is 6.11. The molecule has 1 heterocycles. The van der Waals surface area contributed by atoms with Crippen molar-refractivity contribution in [3.8, 4) is 11.8 Å². The monoisotopic (exact) mass is 321 g/mol. The standard InChI is InChI=1S/C15H19N3O3S/c1-10(2)5-3-6-11-7-4-8-12(9-11)22(21)14-13(15(19)20)16-18-17-14/h4,7-10,13-14,16-18H,5H2,1-2H3,(H,19,20). The van der Waals surface area contributed by atoms with Crippen LogP contribution in [0.15, 0.2) is 29.2 Å². The predicted octanol–water partition coefficient (Wildman–Crippen LogP) is 0.584. The lowest BCUT2D eigenvalue weighted by Gasteiger charge is -2.13. The van der Waals surface area contributed by atoms with Gasteiger partial charge in [-0.2, -0.15) is 5.53 Å². The summed E-state index contributed by atoms with van der Waals surface area (Å²) in [4.78, 5) is 11.7. The molecule has 4 N–H and O–H groups in total. The van der Waals surface area contributed by atoms with E-state index in [9.17, 15) is 9.00 Å². The van der Waals surface area contributed by atoms with Crippen LogP contribution in [0.2, 0.25) is 0 Å². The van der Waals surface area contributed by atoms with Gasteiger partial charge in [0.1, 0.15) is 11.4 Å². The summed E-state index contributed by atoms with van der Waals surface area (Å²) in [6.07, 6.45) is 0.798. The quantitative estimate of drug-likeness (QED) is 0.607. The Bertz CT molecular complexity index is 636. The molecule has 118 valence electrons. The number of carboxylic acid groups (broad SMARTS) is 1. The average Bonchev–Trinajstić information content (AvgIpc) is 2.96. The molecule has 0 bridgehead atoms. The Labute approximate surface area is 132 Å². The molecule has 1 aromatic carbocycles. The Kier molecular flexibility index (Phi) is 5.69. The lowest BCUT2D eigenvalue weighted by atomic mass is 10.1. The largest absolute Gasteiger partial charge is 0.480 e. The summed E-state index contributed by atoms with van der Waals surface area (Å²) >= 11 is 0. The molecule has 0 aliphatic carbocycles. The van der Waals surface area contributed by atoms with E-state index in [1.54, 1.807) is 18.2 Å². The van der Waals surface area contributed by atoms with Gasteiger partial charge in [-0.05, 0) is 24.1 Å². The number of nitrogens with one attached hydrogen (secondary N) is 3. The highest BCUT2D eigenvalue weighted by Crippen LogP contribution is 2.15. The second-order valence-electron chi connectivity index (χ2n) is 5.38. The Hall–Kier alpha value is -1.72. The third kappa shape index (κ3) is 4.15. The molecule has 3 unspecified atom stereocenters. The fourth-order valence-corrected chi connectivity index (χ4v) is 3.27. The van der Waals surface area contributed by atoms with Crippen molar-refractivity contribution < 1.29 is 14.1 Å². The van der Waals surface area contributed by atoms with Gasteiger partial charge in [-0.3, -0.25) is 9.00 Å². The first-order valence-electron chi connectivity index (χ1n) is 6.97. The first kappa shape index (κ1) is 16.6. The van der Waals surface area contributed by atoms with E-state index in [-0.39, 0.29) is 0 Å². The zero-order chi connectivity index (χ0) is 16.1. The molecule has 1 aliphatic rings. The average molecular weight is 321 g/mol. The SMILES string of the molecule is CC(C)CC#Cc1cccc(S(=O)C2NNNC2C(=O)O)c1. The predicted molar refractivity (Wildman–Crippen MR) is 83.8 cm³/mol. The second kappa shape index (κ2) is 7.51. The third-order valence-electron chi connectivity index (χ3n) is 3.05. The molecule has 0 spiro atoms. The van der Waals surface area contributed by atoms with E-state index in [4.69, 9.17) is 5.11 Å². The minimum atomic E-state index is -1.52. The van der Waals surface area contributed by atoms with Gasteiger partial charge in [0.2, 0.25) is 0 Å². The minimum absolute atomic E-state index is 0.501. The fourth-order valence-electron chi connectivity index (χ4n) is 1.92. The van der Waals surface area contributed by atoms with E-state index < -0.39 is 28.2 Å². The molecule has 1 saturated heterocycles. The number of benzene rings is 1. The fraction of sp³-hybridized carbons (Fsp3) is 0.400. The number of hydrogen-bond acceptors (Lipinski definition) is 5. The van der Waals surface area contributed by atoms with Gasteiger partial charge in [-0.25, -0.2) is 10.9 Å². The number of carboxylic acids is 1. The molecule has 2 rings (SSSR count). The highest BCUT2D eigenvalue weighted by molar-refractivity contribution is 7.85. The van der Waals surface area contributed by atoms with Gasteiger partial charge in [-0.15, -0.1) is 0 Å². The number of hydrazine groups is 2. The van der Waals surface area contributed by atoms with Crippen molar-refractivity contribution in [3.05, 3.63) is 29.8 Å². The van der Waals surface area contributed by atoms with Gasteiger partial charge in [0.15, 0.2) is 0 Å². The minimum Gasteiger partial charge on any atom is -0.480 e. The molecule has 1 aliphatic heterocycles. The number of rotatable bonds is 4. The molecule has 0 amide bonds. The summed E-state index contributed by atoms with van der Waals surface area (Å²) < 4.78 is 12.6. The van der Waals surface area contributed by atoms with Crippen LogP contribution >= 0.6 is 0 Å². The van der Waals surface area contributed by atoms with Crippen molar-refractivity contribution in [3.63, 3.8) is 0 Å². The maximum Gasteiger partial charge on any atom is 0.324 e. The number of aliphatic carboxylic acids is 1.